The lowest BCUT2D eigenvalue weighted by molar-refractivity contribution is -0.277. The molecule has 0 aliphatic carbocycles. The van der Waals surface area contributed by atoms with Gasteiger partial charge in [-0.15, -0.1) is 0 Å². The summed E-state index contributed by atoms with van der Waals surface area (Å²) >= 11 is 0. The Kier molecular flexibility index (Phi) is 4.23. The number of hydrogen-bond acceptors (Lipinski definition) is 7. The third kappa shape index (κ3) is 2.96. The molecule has 1 heterocycles. The van der Waals surface area contributed by atoms with Crippen molar-refractivity contribution in [2.75, 3.05) is 12.3 Å². The molecule has 106 valence electrons. The first-order valence-corrected chi connectivity index (χ1v) is 5.85. The second kappa shape index (κ2) is 5.72. The van der Waals surface area contributed by atoms with E-state index in [1.807, 2.05) is 0 Å². The van der Waals surface area contributed by atoms with Gasteiger partial charge in [-0.2, -0.15) is 0 Å². The molecular weight excluding hydrogens is 254 g/mol. The molecule has 6 N–H and O–H groups in total. The first-order valence-electron chi connectivity index (χ1n) is 5.85. The summed E-state index contributed by atoms with van der Waals surface area (Å²) in [6.07, 6.45) is -6.44. The standard InChI is InChI=1S/C12H17NO6/c13-6-1-3-7(4-2-6)18-12-11(17)10(16)9(15)8(5-14)19-12/h1-4,8-12,14-17H,5,13H2/t8?,9-,10+,11?,12+/m0/s1. The quantitative estimate of drug-likeness (QED) is 0.421. The second-order valence-electron chi connectivity index (χ2n) is 4.38. The minimum absolute atomic E-state index is 0.388. The van der Waals surface area contributed by atoms with Crippen LogP contribution in [0.3, 0.4) is 0 Å². The van der Waals surface area contributed by atoms with Crippen molar-refractivity contribution in [1.29, 1.82) is 0 Å². The van der Waals surface area contributed by atoms with Crippen molar-refractivity contribution >= 4 is 5.69 Å². The topological polar surface area (TPSA) is 125 Å². The number of nitrogen functional groups attached to an aromatic ring is 1. The lowest BCUT2D eigenvalue weighted by Crippen LogP contribution is -2.60. The van der Waals surface area contributed by atoms with Gasteiger partial charge in [0.2, 0.25) is 6.29 Å². The number of aliphatic hydroxyl groups is 4. The number of benzene rings is 1. The van der Waals surface area contributed by atoms with Gasteiger partial charge < -0.3 is 35.6 Å². The number of anilines is 1. The Hall–Kier alpha value is -1.38. The van der Waals surface area contributed by atoms with Gasteiger partial charge in [0.05, 0.1) is 6.61 Å². The monoisotopic (exact) mass is 271 g/mol. The number of aliphatic hydroxyl groups excluding tert-OH is 4. The number of hydrogen-bond donors (Lipinski definition) is 5. The molecule has 0 spiro atoms. The van der Waals surface area contributed by atoms with Gasteiger partial charge in [0.15, 0.2) is 0 Å². The zero-order chi connectivity index (χ0) is 14.0. The van der Waals surface area contributed by atoms with E-state index in [1.165, 1.54) is 0 Å². The van der Waals surface area contributed by atoms with Crippen LogP contribution >= 0.6 is 0 Å². The molecule has 1 aromatic rings. The second-order valence-corrected chi connectivity index (χ2v) is 4.38. The zero-order valence-corrected chi connectivity index (χ0v) is 10.1. The van der Waals surface area contributed by atoms with Crippen LogP contribution in [-0.4, -0.2) is 57.7 Å². The maximum atomic E-state index is 9.77. The summed E-state index contributed by atoms with van der Waals surface area (Å²) in [7, 11) is 0. The fourth-order valence-electron chi connectivity index (χ4n) is 1.85. The molecule has 1 aromatic carbocycles. The van der Waals surface area contributed by atoms with E-state index in [0.717, 1.165) is 0 Å². The molecule has 2 rings (SSSR count). The molecule has 0 bridgehead atoms. The van der Waals surface area contributed by atoms with E-state index in [4.69, 9.17) is 20.3 Å². The van der Waals surface area contributed by atoms with Crippen LogP contribution in [0.25, 0.3) is 0 Å². The van der Waals surface area contributed by atoms with Crippen LogP contribution in [-0.2, 0) is 4.74 Å². The van der Waals surface area contributed by atoms with Crippen molar-refractivity contribution in [3.8, 4) is 5.75 Å². The maximum absolute atomic E-state index is 9.77. The minimum atomic E-state index is -1.45. The van der Waals surface area contributed by atoms with Gasteiger partial charge in [-0.25, -0.2) is 0 Å². The highest BCUT2D eigenvalue weighted by Crippen LogP contribution is 2.24. The van der Waals surface area contributed by atoms with E-state index in [1.54, 1.807) is 24.3 Å². The molecule has 1 fully saturated rings. The van der Waals surface area contributed by atoms with Gasteiger partial charge >= 0.3 is 0 Å². The average Bonchev–Trinajstić information content (AvgIpc) is 2.42. The fourth-order valence-corrected chi connectivity index (χ4v) is 1.85. The van der Waals surface area contributed by atoms with Crippen molar-refractivity contribution in [3.05, 3.63) is 24.3 Å². The Morgan fingerprint density at radius 1 is 1.05 bits per heavy atom. The van der Waals surface area contributed by atoms with Crippen LogP contribution in [0, 0.1) is 0 Å². The van der Waals surface area contributed by atoms with E-state index in [-0.39, 0.29) is 0 Å². The summed E-state index contributed by atoms with van der Waals surface area (Å²) < 4.78 is 10.6. The average molecular weight is 271 g/mol. The Labute approximate surface area is 109 Å². The highest BCUT2D eigenvalue weighted by Gasteiger charge is 2.44. The van der Waals surface area contributed by atoms with E-state index in [2.05, 4.69) is 0 Å². The van der Waals surface area contributed by atoms with Gasteiger partial charge in [-0.3, -0.25) is 0 Å². The molecule has 0 radical (unpaired) electrons. The number of nitrogens with two attached hydrogens (primary N) is 1. The smallest absolute Gasteiger partial charge is 0.229 e. The predicted octanol–water partition coefficient (Wildman–Crippen LogP) is -1.55. The summed E-state index contributed by atoms with van der Waals surface area (Å²) in [5, 5.41) is 38.0. The maximum Gasteiger partial charge on any atom is 0.229 e. The fraction of sp³-hybridized carbons (Fsp3) is 0.500. The summed E-state index contributed by atoms with van der Waals surface area (Å²) in [5.41, 5.74) is 6.09. The molecule has 19 heavy (non-hydrogen) atoms. The van der Waals surface area contributed by atoms with Gasteiger partial charge in [0.25, 0.3) is 0 Å². The molecule has 0 saturated carbocycles. The van der Waals surface area contributed by atoms with E-state index < -0.39 is 37.3 Å². The van der Waals surface area contributed by atoms with Crippen molar-refractivity contribution < 1.29 is 29.9 Å². The summed E-state index contributed by atoms with van der Waals surface area (Å²) in [5.74, 6) is 0.388. The SMILES string of the molecule is Nc1ccc(O[C@@H]2OC(CO)[C@H](O)[C@@H](O)C2O)cc1. The predicted molar refractivity (Wildman–Crippen MR) is 65.2 cm³/mol. The molecule has 1 aliphatic rings. The number of ether oxygens (including phenoxy) is 2. The Balaban J connectivity index is 2.08. The van der Waals surface area contributed by atoms with Gasteiger partial charge in [-0.1, -0.05) is 0 Å². The molecule has 7 nitrogen and oxygen atoms in total. The molecule has 2 unspecified atom stereocenters. The number of rotatable bonds is 3. The van der Waals surface area contributed by atoms with Crippen molar-refractivity contribution in [2.24, 2.45) is 0 Å². The largest absolute Gasteiger partial charge is 0.462 e. The van der Waals surface area contributed by atoms with Gasteiger partial charge in [0, 0.05) is 5.69 Å². The normalized spacial score (nSPS) is 35.1. The van der Waals surface area contributed by atoms with E-state index in [0.29, 0.717) is 11.4 Å². The van der Waals surface area contributed by atoms with E-state index >= 15 is 0 Å². The van der Waals surface area contributed by atoms with Crippen molar-refractivity contribution in [1.82, 2.24) is 0 Å². The van der Waals surface area contributed by atoms with Crippen LogP contribution in [0.4, 0.5) is 5.69 Å². The molecule has 0 aromatic heterocycles. The molecule has 7 heteroatoms. The van der Waals surface area contributed by atoms with Crippen molar-refractivity contribution in [2.45, 2.75) is 30.7 Å². The van der Waals surface area contributed by atoms with Crippen LogP contribution in [0.1, 0.15) is 0 Å². The summed E-state index contributed by atoms with van der Waals surface area (Å²) in [6.45, 7) is -0.494. The highest BCUT2D eigenvalue weighted by atomic mass is 16.7. The van der Waals surface area contributed by atoms with Crippen molar-refractivity contribution in [3.63, 3.8) is 0 Å². The summed E-state index contributed by atoms with van der Waals surface area (Å²) in [4.78, 5) is 0. The Morgan fingerprint density at radius 3 is 2.26 bits per heavy atom. The first kappa shape index (κ1) is 14.0. The molecule has 0 amide bonds. The third-order valence-electron chi connectivity index (χ3n) is 2.98. The van der Waals surface area contributed by atoms with E-state index in [9.17, 15) is 15.3 Å². The summed E-state index contributed by atoms with van der Waals surface area (Å²) in [6, 6.07) is 6.38. The Morgan fingerprint density at radius 2 is 1.68 bits per heavy atom. The van der Waals surface area contributed by atoms with Gasteiger partial charge in [-0.05, 0) is 24.3 Å². The highest BCUT2D eigenvalue weighted by molar-refractivity contribution is 5.41. The third-order valence-corrected chi connectivity index (χ3v) is 2.98. The van der Waals surface area contributed by atoms with Crippen LogP contribution < -0.4 is 10.5 Å². The molecule has 1 aliphatic heterocycles. The zero-order valence-electron chi connectivity index (χ0n) is 10.1. The van der Waals surface area contributed by atoms with Crippen LogP contribution in [0.15, 0.2) is 24.3 Å². The Bertz CT molecular complexity index is 409. The lowest BCUT2D eigenvalue weighted by atomic mass is 9.99. The molecular formula is C12H17NO6. The van der Waals surface area contributed by atoms with Crippen LogP contribution in [0.5, 0.6) is 5.75 Å². The molecule has 1 saturated heterocycles. The van der Waals surface area contributed by atoms with Gasteiger partial charge in [0.1, 0.15) is 30.2 Å². The molecule has 5 atom stereocenters. The minimum Gasteiger partial charge on any atom is -0.462 e. The van der Waals surface area contributed by atoms with Crippen LogP contribution in [0.2, 0.25) is 0 Å². The lowest BCUT2D eigenvalue weighted by Gasteiger charge is -2.39. The first-order chi connectivity index (χ1) is 9.02.